The van der Waals surface area contributed by atoms with E-state index in [0.29, 0.717) is 11.5 Å². The van der Waals surface area contributed by atoms with Crippen molar-refractivity contribution in [2.75, 3.05) is 25.0 Å². The van der Waals surface area contributed by atoms with E-state index in [1.54, 1.807) is 25.5 Å². The van der Waals surface area contributed by atoms with Crippen LogP contribution in [0.4, 0.5) is 5.82 Å². The highest BCUT2D eigenvalue weighted by molar-refractivity contribution is 5.98. The molecule has 0 saturated carbocycles. The Morgan fingerprint density at radius 2 is 2.33 bits per heavy atom. The molecule has 1 saturated heterocycles. The van der Waals surface area contributed by atoms with Gasteiger partial charge in [-0.2, -0.15) is 0 Å². The molecule has 0 radical (unpaired) electrons. The molecule has 1 atom stereocenters. The topological polar surface area (TPSA) is 73.9 Å². The standard InChI is InChI=1S/C15H19N5O/c1-16-15(21)12-5-2-6-19-14(12)20-9-3-4-11(10-20)13-17-7-8-18-13/h2,5-8,11H,3-4,9-10H2,1H3,(H,16,21)(H,17,18). The van der Waals surface area contributed by atoms with Gasteiger partial charge in [0.25, 0.3) is 5.91 Å². The Balaban J connectivity index is 1.85. The second kappa shape index (κ2) is 5.95. The van der Waals surface area contributed by atoms with Gasteiger partial charge < -0.3 is 15.2 Å². The summed E-state index contributed by atoms with van der Waals surface area (Å²) in [5, 5.41) is 2.68. The first kappa shape index (κ1) is 13.6. The van der Waals surface area contributed by atoms with E-state index in [-0.39, 0.29) is 5.91 Å². The summed E-state index contributed by atoms with van der Waals surface area (Å²) in [6, 6.07) is 3.61. The van der Waals surface area contributed by atoms with Crippen molar-refractivity contribution in [3.63, 3.8) is 0 Å². The third-order valence-corrected chi connectivity index (χ3v) is 3.89. The van der Waals surface area contributed by atoms with E-state index in [4.69, 9.17) is 0 Å². The minimum absolute atomic E-state index is 0.0989. The highest BCUT2D eigenvalue weighted by atomic mass is 16.1. The predicted molar refractivity (Wildman–Crippen MR) is 80.4 cm³/mol. The summed E-state index contributed by atoms with van der Waals surface area (Å²) >= 11 is 0. The van der Waals surface area contributed by atoms with Crippen molar-refractivity contribution in [1.82, 2.24) is 20.3 Å². The zero-order chi connectivity index (χ0) is 14.7. The van der Waals surface area contributed by atoms with Gasteiger partial charge in [-0.25, -0.2) is 9.97 Å². The van der Waals surface area contributed by atoms with Gasteiger partial charge in [0, 0.05) is 44.6 Å². The molecule has 0 bridgehead atoms. The molecule has 6 nitrogen and oxygen atoms in total. The van der Waals surface area contributed by atoms with Gasteiger partial charge in [-0.05, 0) is 25.0 Å². The fourth-order valence-electron chi connectivity index (χ4n) is 2.85. The molecule has 1 aliphatic rings. The highest BCUT2D eigenvalue weighted by Crippen LogP contribution is 2.28. The van der Waals surface area contributed by atoms with Crippen molar-refractivity contribution in [2.45, 2.75) is 18.8 Å². The monoisotopic (exact) mass is 285 g/mol. The maximum Gasteiger partial charge on any atom is 0.254 e. The second-order valence-corrected chi connectivity index (χ2v) is 5.21. The normalized spacial score (nSPS) is 18.5. The van der Waals surface area contributed by atoms with Crippen molar-refractivity contribution in [1.29, 1.82) is 0 Å². The second-order valence-electron chi connectivity index (χ2n) is 5.21. The van der Waals surface area contributed by atoms with Crippen LogP contribution < -0.4 is 10.2 Å². The van der Waals surface area contributed by atoms with Crippen molar-refractivity contribution in [3.05, 3.63) is 42.1 Å². The van der Waals surface area contributed by atoms with Crippen LogP contribution in [0.25, 0.3) is 0 Å². The van der Waals surface area contributed by atoms with Crippen LogP contribution in [-0.2, 0) is 0 Å². The predicted octanol–water partition coefficient (Wildman–Crippen LogP) is 1.55. The van der Waals surface area contributed by atoms with Gasteiger partial charge in [-0.15, -0.1) is 0 Å². The average Bonchev–Trinajstić information content (AvgIpc) is 3.09. The number of H-pyrrole nitrogens is 1. The summed E-state index contributed by atoms with van der Waals surface area (Å²) in [6.45, 7) is 1.74. The number of imidazole rings is 1. The lowest BCUT2D eigenvalue weighted by Gasteiger charge is -2.33. The Hall–Kier alpha value is -2.37. The van der Waals surface area contributed by atoms with E-state index in [1.165, 1.54) is 0 Å². The Labute approximate surface area is 123 Å². The van der Waals surface area contributed by atoms with Gasteiger partial charge in [0.2, 0.25) is 0 Å². The molecule has 0 aliphatic carbocycles. The number of aromatic amines is 1. The smallest absolute Gasteiger partial charge is 0.254 e. The molecule has 110 valence electrons. The molecule has 1 aliphatic heterocycles. The van der Waals surface area contributed by atoms with Crippen LogP contribution in [0, 0.1) is 0 Å². The van der Waals surface area contributed by atoms with Crippen LogP contribution in [0.15, 0.2) is 30.7 Å². The number of amides is 1. The number of anilines is 1. The first-order chi connectivity index (χ1) is 10.3. The van der Waals surface area contributed by atoms with Crippen LogP contribution in [0.1, 0.15) is 34.9 Å². The highest BCUT2D eigenvalue weighted by Gasteiger charge is 2.26. The lowest BCUT2D eigenvalue weighted by atomic mass is 9.97. The summed E-state index contributed by atoms with van der Waals surface area (Å²) in [4.78, 5) is 26.1. The molecule has 2 aromatic rings. The van der Waals surface area contributed by atoms with E-state index in [0.717, 1.165) is 37.6 Å². The van der Waals surface area contributed by atoms with Crippen molar-refractivity contribution in [3.8, 4) is 0 Å². The summed E-state index contributed by atoms with van der Waals surface area (Å²) in [5.74, 6) is 2.02. The molecule has 2 aromatic heterocycles. The van der Waals surface area contributed by atoms with Crippen LogP contribution in [0.3, 0.4) is 0 Å². The number of carbonyl (C=O) groups is 1. The number of hydrogen-bond acceptors (Lipinski definition) is 4. The Morgan fingerprint density at radius 3 is 3.10 bits per heavy atom. The van der Waals surface area contributed by atoms with Crippen LogP contribution in [0.5, 0.6) is 0 Å². The van der Waals surface area contributed by atoms with Gasteiger partial charge in [-0.1, -0.05) is 0 Å². The molecule has 3 heterocycles. The summed E-state index contributed by atoms with van der Waals surface area (Å²) in [7, 11) is 1.64. The van der Waals surface area contributed by atoms with Crippen LogP contribution in [0.2, 0.25) is 0 Å². The fourth-order valence-corrected chi connectivity index (χ4v) is 2.85. The van der Waals surface area contributed by atoms with Gasteiger partial charge in [0.05, 0.1) is 5.56 Å². The van der Waals surface area contributed by atoms with Crippen LogP contribution in [-0.4, -0.2) is 41.0 Å². The maximum atomic E-state index is 12.0. The first-order valence-corrected chi connectivity index (χ1v) is 7.21. The molecule has 1 amide bonds. The third kappa shape index (κ3) is 2.74. The number of aromatic nitrogens is 3. The molecule has 1 fully saturated rings. The molecule has 0 spiro atoms. The molecular formula is C15H19N5O. The maximum absolute atomic E-state index is 12.0. The summed E-state index contributed by atoms with van der Waals surface area (Å²) in [5.41, 5.74) is 0.625. The van der Waals surface area contributed by atoms with Crippen LogP contribution >= 0.6 is 0 Å². The number of piperidine rings is 1. The van der Waals surface area contributed by atoms with Crippen molar-refractivity contribution in [2.24, 2.45) is 0 Å². The van der Waals surface area contributed by atoms with E-state index in [1.807, 2.05) is 12.3 Å². The van der Waals surface area contributed by atoms with Gasteiger partial charge >= 0.3 is 0 Å². The molecule has 21 heavy (non-hydrogen) atoms. The SMILES string of the molecule is CNC(=O)c1cccnc1N1CCCC(c2ncc[nH]2)C1. The number of rotatable bonds is 3. The lowest BCUT2D eigenvalue weighted by molar-refractivity contribution is 0.0963. The third-order valence-electron chi connectivity index (χ3n) is 3.89. The number of carbonyl (C=O) groups excluding carboxylic acids is 1. The molecule has 0 aromatic carbocycles. The lowest BCUT2D eigenvalue weighted by Crippen LogP contribution is -2.37. The average molecular weight is 285 g/mol. The van der Waals surface area contributed by atoms with E-state index in [2.05, 4.69) is 25.2 Å². The van der Waals surface area contributed by atoms with Crippen molar-refractivity contribution >= 4 is 11.7 Å². The van der Waals surface area contributed by atoms with Gasteiger partial charge in [0.15, 0.2) is 0 Å². The largest absolute Gasteiger partial charge is 0.355 e. The van der Waals surface area contributed by atoms with E-state index >= 15 is 0 Å². The zero-order valence-electron chi connectivity index (χ0n) is 12.0. The minimum atomic E-state index is -0.0989. The first-order valence-electron chi connectivity index (χ1n) is 7.21. The number of hydrogen-bond donors (Lipinski definition) is 2. The number of nitrogens with one attached hydrogen (secondary N) is 2. The van der Waals surface area contributed by atoms with Gasteiger partial charge in [0.1, 0.15) is 11.6 Å². The van der Waals surface area contributed by atoms with E-state index in [9.17, 15) is 4.79 Å². The Morgan fingerprint density at radius 1 is 1.43 bits per heavy atom. The Kier molecular flexibility index (Phi) is 3.85. The Bertz CT molecular complexity index is 610. The molecule has 1 unspecified atom stereocenters. The molecule has 2 N–H and O–H groups in total. The number of pyridine rings is 1. The minimum Gasteiger partial charge on any atom is -0.355 e. The zero-order valence-corrected chi connectivity index (χ0v) is 12.0. The molecule has 3 rings (SSSR count). The number of nitrogens with zero attached hydrogens (tertiary/aromatic N) is 3. The van der Waals surface area contributed by atoms with E-state index < -0.39 is 0 Å². The van der Waals surface area contributed by atoms with Gasteiger partial charge in [-0.3, -0.25) is 4.79 Å². The molecule has 6 heteroatoms. The molecular weight excluding hydrogens is 266 g/mol. The summed E-state index contributed by atoms with van der Waals surface area (Å²) in [6.07, 6.45) is 7.54. The van der Waals surface area contributed by atoms with Crippen molar-refractivity contribution < 1.29 is 4.79 Å². The quantitative estimate of drug-likeness (QED) is 0.897. The summed E-state index contributed by atoms with van der Waals surface area (Å²) < 4.78 is 0. The fraction of sp³-hybridized carbons (Fsp3) is 0.400.